The van der Waals surface area contributed by atoms with Gasteiger partial charge < -0.3 is 10.6 Å². The number of anilines is 2. The van der Waals surface area contributed by atoms with E-state index in [0.29, 0.717) is 17.8 Å². The van der Waals surface area contributed by atoms with Gasteiger partial charge in [-0.05, 0) is 37.7 Å². The van der Waals surface area contributed by atoms with Crippen molar-refractivity contribution in [3.8, 4) is 0 Å². The van der Waals surface area contributed by atoms with Crippen molar-refractivity contribution in [1.29, 1.82) is 0 Å². The summed E-state index contributed by atoms with van der Waals surface area (Å²) in [6, 6.07) is 6.56. The molecule has 0 unspecified atom stereocenters. The van der Waals surface area contributed by atoms with E-state index in [1.165, 1.54) is 0 Å². The van der Waals surface area contributed by atoms with E-state index in [2.05, 4.69) is 15.4 Å². The summed E-state index contributed by atoms with van der Waals surface area (Å²) in [6.45, 7) is 2.17. The molecule has 1 amide bonds. The highest BCUT2D eigenvalue weighted by atomic mass is 35.5. The summed E-state index contributed by atoms with van der Waals surface area (Å²) in [6.07, 6.45) is 1.46. The number of carbonyl (C=O) groups is 1. The third-order valence-corrected chi connectivity index (χ3v) is 3.92. The maximum atomic E-state index is 11.7. The molecule has 1 aromatic carbocycles. The zero-order valence-electron chi connectivity index (χ0n) is 12.2. The highest BCUT2D eigenvalue weighted by molar-refractivity contribution is 7.92. The van der Waals surface area contributed by atoms with E-state index in [-0.39, 0.29) is 30.6 Å². The van der Waals surface area contributed by atoms with Gasteiger partial charge in [-0.25, -0.2) is 8.42 Å². The van der Waals surface area contributed by atoms with Gasteiger partial charge in [0.05, 0.1) is 12.3 Å². The van der Waals surface area contributed by atoms with Crippen LogP contribution in [0.4, 0.5) is 11.4 Å². The van der Waals surface area contributed by atoms with E-state index >= 15 is 0 Å². The standard InChI is InChI=1S/C13H21N3O3S.ClH/c1-3-4-9-20(18,19)16-12-7-5-11(6-8-12)15-13(17)10-14-2;/h5-8,14,16H,3-4,9-10H2,1-2H3,(H,15,17);1H. The van der Waals surface area contributed by atoms with Crippen LogP contribution in [-0.2, 0) is 14.8 Å². The van der Waals surface area contributed by atoms with Crippen LogP contribution in [0.1, 0.15) is 19.8 Å². The van der Waals surface area contributed by atoms with Gasteiger partial charge in [-0.1, -0.05) is 13.3 Å². The number of benzene rings is 1. The van der Waals surface area contributed by atoms with Crippen molar-refractivity contribution in [1.82, 2.24) is 5.32 Å². The summed E-state index contributed by atoms with van der Waals surface area (Å²) in [4.78, 5) is 11.4. The van der Waals surface area contributed by atoms with Crippen molar-refractivity contribution in [3.63, 3.8) is 0 Å². The van der Waals surface area contributed by atoms with Crippen molar-refractivity contribution >= 4 is 39.7 Å². The van der Waals surface area contributed by atoms with Gasteiger partial charge in [-0.2, -0.15) is 0 Å². The Morgan fingerprint density at radius 2 is 1.71 bits per heavy atom. The number of likely N-dealkylation sites (N-methyl/N-ethyl adjacent to an activating group) is 1. The Kier molecular flexibility index (Phi) is 9.00. The number of hydrogen-bond acceptors (Lipinski definition) is 4. The smallest absolute Gasteiger partial charge is 0.238 e. The Labute approximate surface area is 132 Å². The summed E-state index contributed by atoms with van der Waals surface area (Å²) in [5.41, 5.74) is 1.12. The lowest BCUT2D eigenvalue weighted by molar-refractivity contribution is -0.115. The monoisotopic (exact) mass is 335 g/mol. The molecule has 0 fully saturated rings. The largest absolute Gasteiger partial charge is 0.325 e. The van der Waals surface area contributed by atoms with Crippen LogP contribution in [0.15, 0.2) is 24.3 Å². The second-order valence-electron chi connectivity index (χ2n) is 4.43. The summed E-state index contributed by atoms with van der Waals surface area (Å²) < 4.78 is 25.9. The van der Waals surface area contributed by atoms with Crippen LogP contribution in [0.25, 0.3) is 0 Å². The number of unbranched alkanes of at least 4 members (excludes halogenated alkanes) is 1. The molecule has 0 saturated carbocycles. The maximum Gasteiger partial charge on any atom is 0.238 e. The molecular weight excluding hydrogens is 314 g/mol. The summed E-state index contributed by atoms with van der Waals surface area (Å²) >= 11 is 0. The predicted molar refractivity (Wildman–Crippen MR) is 88.6 cm³/mol. The van der Waals surface area contributed by atoms with E-state index in [0.717, 1.165) is 6.42 Å². The minimum absolute atomic E-state index is 0. The summed E-state index contributed by atoms with van der Waals surface area (Å²) in [7, 11) is -1.60. The molecule has 1 rings (SSSR count). The van der Waals surface area contributed by atoms with Gasteiger partial charge in [0.15, 0.2) is 0 Å². The van der Waals surface area contributed by atoms with E-state index in [1.807, 2.05) is 6.92 Å². The molecular formula is C13H22ClN3O3S. The fraction of sp³-hybridized carbons (Fsp3) is 0.462. The summed E-state index contributed by atoms with van der Waals surface area (Å²) in [5, 5.41) is 5.43. The number of hydrogen-bond donors (Lipinski definition) is 3. The Bertz CT molecular complexity index is 532. The Morgan fingerprint density at radius 1 is 1.14 bits per heavy atom. The zero-order valence-corrected chi connectivity index (χ0v) is 13.8. The molecule has 0 aliphatic heterocycles. The van der Waals surface area contributed by atoms with E-state index in [4.69, 9.17) is 0 Å². The van der Waals surface area contributed by atoms with Gasteiger partial charge in [-0.15, -0.1) is 12.4 Å². The highest BCUT2D eigenvalue weighted by Crippen LogP contribution is 2.15. The first kappa shape index (κ1) is 19.7. The average Bonchev–Trinajstić information content (AvgIpc) is 2.39. The number of carbonyl (C=O) groups excluding carboxylic acids is 1. The third kappa shape index (κ3) is 7.89. The molecule has 0 saturated heterocycles. The SMILES string of the molecule is CCCCS(=O)(=O)Nc1ccc(NC(=O)CNC)cc1.Cl. The predicted octanol–water partition coefficient (Wildman–Crippen LogP) is 1.81. The molecule has 0 aromatic heterocycles. The van der Waals surface area contributed by atoms with E-state index in [9.17, 15) is 13.2 Å². The van der Waals surface area contributed by atoms with Gasteiger partial charge in [0.25, 0.3) is 0 Å². The number of halogens is 1. The number of nitrogens with one attached hydrogen (secondary N) is 3. The lowest BCUT2D eigenvalue weighted by Gasteiger charge is -2.09. The fourth-order valence-corrected chi connectivity index (χ4v) is 2.82. The molecule has 6 nitrogen and oxygen atoms in total. The first-order valence-corrected chi connectivity index (χ1v) is 8.17. The maximum absolute atomic E-state index is 11.7. The molecule has 0 radical (unpaired) electrons. The lowest BCUT2D eigenvalue weighted by Crippen LogP contribution is -2.25. The quantitative estimate of drug-likeness (QED) is 0.676. The van der Waals surface area contributed by atoms with Crippen molar-refractivity contribution < 1.29 is 13.2 Å². The molecule has 0 heterocycles. The van der Waals surface area contributed by atoms with Crippen molar-refractivity contribution in [2.45, 2.75) is 19.8 Å². The average molecular weight is 336 g/mol. The third-order valence-electron chi connectivity index (χ3n) is 2.55. The van der Waals surface area contributed by atoms with Crippen LogP contribution in [0.5, 0.6) is 0 Å². The van der Waals surface area contributed by atoms with Crippen LogP contribution in [0.3, 0.4) is 0 Å². The molecule has 120 valence electrons. The molecule has 0 atom stereocenters. The molecule has 21 heavy (non-hydrogen) atoms. The minimum Gasteiger partial charge on any atom is -0.325 e. The normalized spacial score (nSPS) is 10.6. The van der Waals surface area contributed by atoms with Gasteiger partial charge in [0.1, 0.15) is 0 Å². The number of rotatable bonds is 8. The van der Waals surface area contributed by atoms with E-state index in [1.54, 1.807) is 31.3 Å². The first-order valence-electron chi connectivity index (χ1n) is 6.52. The number of amides is 1. The van der Waals surface area contributed by atoms with Crippen LogP contribution >= 0.6 is 12.4 Å². The molecule has 3 N–H and O–H groups in total. The second kappa shape index (κ2) is 9.59. The fourth-order valence-electron chi connectivity index (χ4n) is 1.55. The molecule has 0 aliphatic carbocycles. The molecule has 0 bridgehead atoms. The topological polar surface area (TPSA) is 87.3 Å². The van der Waals surface area contributed by atoms with E-state index < -0.39 is 10.0 Å². The van der Waals surface area contributed by atoms with Crippen LogP contribution in [0, 0.1) is 0 Å². The Hall–Kier alpha value is -1.31. The molecule has 8 heteroatoms. The molecule has 1 aromatic rings. The minimum atomic E-state index is -3.29. The Balaban J connectivity index is 0.00000400. The van der Waals surface area contributed by atoms with Crippen molar-refractivity contribution in [3.05, 3.63) is 24.3 Å². The van der Waals surface area contributed by atoms with Crippen LogP contribution in [-0.4, -0.2) is 33.7 Å². The second-order valence-corrected chi connectivity index (χ2v) is 6.27. The highest BCUT2D eigenvalue weighted by Gasteiger charge is 2.09. The summed E-state index contributed by atoms with van der Waals surface area (Å²) in [5.74, 6) is -0.0340. The van der Waals surface area contributed by atoms with Gasteiger partial charge >= 0.3 is 0 Å². The van der Waals surface area contributed by atoms with Gasteiger partial charge in [0, 0.05) is 11.4 Å². The van der Waals surface area contributed by atoms with Crippen LogP contribution in [0.2, 0.25) is 0 Å². The lowest BCUT2D eigenvalue weighted by atomic mass is 10.3. The van der Waals surface area contributed by atoms with Crippen molar-refractivity contribution in [2.75, 3.05) is 29.4 Å². The molecule has 0 aliphatic rings. The zero-order chi connectivity index (χ0) is 15.0. The number of sulfonamides is 1. The first-order chi connectivity index (χ1) is 9.46. The molecule has 0 spiro atoms. The Morgan fingerprint density at radius 3 is 2.24 bits per heavy atom. The van der Waals surface area contributed by atoms with Crippen LogP contribution < -0.4 is 15.4 Å². The van der Waals surface area contributed by atoms with Gasteiger partial charge in [-0.3, -0.25) is 9.52 Å². The van der Waals surface area contributed by atoms with Crippen molar-refractivity contribution in [2.24, 2.45) is 0 Å². The van der Waals surface area contributed by atoms with Gasteiger partial charge in [0.2, 0.25) is 15.9 Å².